The van der Waals surface area contributed by atoms with E-state index in [1.54, 1.807) is 0 Å². The zero-order valence-corrected chi connectivity index (χ0v) is 16.5. The normalized spacial score (nSPS) is 30.0. The molecule has 1 spiro atoms. The first-order chi connectivity index (χ1) is 12.2. The highest BCUT2D eigenvalue weighted by molar-refractivity contribution is 5.80. The van der Waals surface area contributed by atoms with Crippen LogP contribution in [0.2, 0.25) is 0 Å². The molecule has 5 nitrogen and oxygen atoms in total. The molecule has 1 heterocycles. The minimum atomic E-state index is 0.386. The Balaban J connectivity index is 1.43. The summed E-state index contributed by atoms with van der Waals surface area (Å²) in [6.07, 6.45) is 10.6. The SMILES string of the molecule is CCCCN1CCC(NC(=NC)NC2CC(OCC)C23CCC3)CC1. The number of aliphatic imine (C=N–C) groups is 1. The minimum absolute atomic E-state index is 0.386. The summed E-state index contributed by atoms with van der Waals surface area (Å²) in [5, 5.41) is 7.41. The van der Waals surface area contributed by atoms with Gasteiger partial charge in [-0.2, -0.15) is 0 Å². The van der Waals surface area contributed by atoms with Crippen molar-refractivity contribution in [3.8, 4) is 0 Å². The molecule has 1 saturated heterocycles. The van der Waals surface area contributed by atoms with Gasteiger partial charge in [0.25, 0.3) is 0 Å². The molecule has 144 valence electrons. The van der Waals surface area contributed by atoms with Crippen LogP contribution in [0.4, 0.5) is 0 Å². The van der Waals surface area contributed by atoms with Crippen molar-refractivity contribution < 1.29 is 4.74 Å². The number of nitrogens with zero attached hydrogens (tertiary/aromatic N) is 2. The average Bonchev–Trinajstić information content (AvgIpc) is 2.57. The number of hydrogen-bond acceptors (Lipinski definition) is 3. The van der Waals surface area contributed by atoms with Crippen LogP contribution in [-0.4, -0.2) is 62.3 Å². The highest BCUT2D eigenvalue weighted by atomic mass is 16.5. The minimum Gasteiger partial charge on any atom is -0.378 e. The van der Waals surface area contributed by atoms with Gasteiger partial charge in [0, 0.05) is 44.2 Å². The molecule has 0 aromatic rings. The first-order valence-corrected chi connectivity index (χ1v) is 10.6. The second kappa shape index (κ2) is 8.72. The Kier molecular flexibility index (Phi) is 6.61. The molecule has 0 bridgehead atoms. The third-order valence-electron chi connectivity index (χ3n) is 6.73. The number of likely N-dealkylation sites (tertiary alicyclic amines) is 1. The van der Waals surface area contributed by atoms with Crippen LogP contribution in [0.15, 0.2) is 4.99 Å². The number of guanidine groups is 1. The summed E-state index contributed by atoms with van der Waals surface area (Å²) >= 11 is 0. The van der Waals surface area contributed by atoms with Crippen LogP contribution in [0.5, 0.6) is 0 Å². The van der Waals surface area contributed by atoms with Crippen LogP contribution in [0.3, 0.4) is 0 Å². The zero-order valence-electron chi connectivity index (χ0n) is 16.5. The topological polar surface area (TPSA) is 48.9 Å². The number of rotatable bonds is 7. The molecule has 0 aromatic carbocycles. The van der Waals surface area contributed by atoms with Crippen LogP contribution < -0.4 is 10.6 Å². The molecule has 1 aliphatic heterocycles. The Hall–Kier alpha value is -0.810. The van der Waals surface area contributed by atoms with E-state index in [1.165, 1.54) is 64.6 Å². The van der Waals surface area contributed by atoms with Crippen molar-refractivity contribution in [2.24, 2.45) is 10.4 Å². The summed E-state index contributed by atoms with van der Waals surface area (Å²) in [6, 6.07) is 1.10. The van der Waals surface area contributed by atoms with E-state index in [9.17, 15) is 0 Å². The van der Waals surface area contributed by atoms with E-state index >= 15 is 0 Å². The summed E-state index contributed by atoms with van der Waals surface area (Å²) in [5.74, 6) is 0.998. The molecule has 2 unspecified atom stereocenters. The molecule has 2 atom stereocenters. The highest BCUT2D eigenvalue weighted by Gasteiger charge is 2.59. The van der Waals surface area contributed by atoms with Gasteiger partial charge in [-0.15, -0.1) is 0 Å². The molecule has 3 rings (SSSR count). The van der Waals surface area contributed by atoms with Gasteiger partial charge in [0.2, 0.25) is 0 Å². The molecule has 2 saturated carbocycles. The molecule has 0 aromatic heterocycles. The highest BCUT2D eigenvalue weighted by Crippen LogP contribution is 2.57. The Morgan fingerprint density at radius 1 is 1.20 bits per heavy atom. The average molecular weight is 351 g/mol. The fraction of sp³-hybridized carbons (Fsp3) is 0.950. The zero-order chi connectivity index (χ0) is 17.7. The van der Waals surface area contributed by atoms with Crippen molar-refractivity contribution in [2.75, 3.05) is 33.3 Å². The van der Waals surface area contributed by atoms with Crippen LogP contribution in [-0.2, 0) is 4.74 Å². The maximum Gasteiger partial charge on any atom is 0.191 e. The first kappa shape index (κ1) is 19.0. The summed E-state index contributed by atoms with van der Waals surface area (Å²) < 4.78 is 5.97. The number of hydrogen-bond donors (Lipinski definition) is 2. The fourth-order valence-electron chi connectivity index (χ4n) is 4.85. The van der Waals surface area contributed by atoms with Crippen molar-refractivity contribution in [3.05, 3.63) is 0 Å². The lowest BCUT2D eigenvalue weighted by atomic mass is 9.51. The van der Waals surface area contributed by atoms with Crippen LogP contribution in [0.25, 0.3) is 0 Å². The van der Waals surface area contributed by atoms with Gasteiger partial charge in [0.15, 0.2) is 5.96 Å². The lowest BCUT2D eigenvalue weighted by molar-refractivity contribution is -0.168. The van der Waals surface area contributed by atoms with Crippen molar-refractivity contribution in [1.29, 1.82) is 0 Å². The van der Waals surface area contributed by atoms with E-state index in [0.717, 1.165) is 19.0 Å². The second-order valence-corrected chi connectivity index (χ2v) is 8.15. The van der Waals surface area contributed by atoms with E-state index in [2.05, 4.69) is 34.4 Å². The van der Waals surface area contributed by atoms with Crippen LogP contribution in [0, 0.1) is 5.41 Å². The van der Waals surface area contributed by atoms with Gasteiger partial charge in [0.05, 0.1) is 6.10 Å². The fourth-order valence-corrected chi connectivity index (χ4v) is 4.85. The maximum atomic E-state index is 5.97. The Morgan fingerprint density at radius 3 is 2.52 bits per heavy atom. The molecular formula is C20H38N4O. The third kappa shape index (κ3) is 4.13. The summed E-state index contributed by atoms with van der Waals surface area (Å²) in [7, 11) is 1.90. The van der Waals surface area contributed by atoms with E-state index in [-0.39, 0.29) is 0 Å². The van der Waals surface area contributed by atoms with E-state index < -0.39 is 0 Å². The lowest BCUT2D eigenvalue weighted by Gasteiger charge is -2.61. The number of piperidine rings is 1. The van der Waals surface area contributed by atoms with Gasteiger partial charge < -0.3 is 20.3 Å². The molecule has 3 aliphatic rings. The van der Waals surface area contributed by atoms with Crippen molar-refractivity contribution in [2.45, 2.75) is 83.4 Å². The number of nitrogens with one attached hydrogen (secondary N) is 2. The van der Waals surface area contributed by atoms with Gasteiger partial charge in [-0.05, 0) is 52.0 Å². The molecule has 0 amide bonds. The van der Waals surface area contributed by atoms with Crippen molar-refractivity contribution in [3.63, 3.8) is 0 Å². The maximum absolute atomic E-state index is 5.97. The predicted molar refractivity (Wildman–Crippen MR) is 104 cm³/mol. The van der Waals surface area contributed by atoms with Gasteiger partial charge in [-0.1, -0.05) is 19.8 Å². The molecule has 25 heavy (non-hydrogen) atoms. The molecule has 3 fully saturated rings. The Morgan fingerprint density at radius 2 is 1.96 bits per heavy atom. The van der Waals surface area contributed by atoms with Crippen molar-refractivity contribution in [1.82, 2.24) is 15.5 Å². The predicted octanol–water partition coefficient (Wildman–Crippen LogP) is 2.76. The summed E-state index contributed by atoms with van der Waals surface area (Å²) in [6.45, 7) is 8.92. The number of ether oxygens (including phenoxy) is 1. The largest absolute Gasteiger partial charge is 0.378 e. The van der Waals surface area contributed by atoms with Gasteiger partial charge in [0.1, 0.15) is 0 Å². The smallest absolute Gasteiger partial charge is 0.191 e. The Bertz CT molecular complexity index is 441. The van der Waals surface area contributed by atoms with Crippen molar-refractivity contribution >= 4 is 5.96 Å². The molecular weight excluding hydrogens is 312 g/mol. The van der Waals surface area contributed by atoms with Gasteiger partial charge in [-0.25, -0.2) is 0 Å². The monoisotopic (exact) mass is 350 g/mol. The quantitative estimate of drug-likeness (QED) is 0.547. The van der Waals surface area contributed by atoms with Crippen LogP contribution in [0.1, 0.15) is 65.2 Å². The standard InChI is InChI=1S/C20H38N4O/c1-4-6-12-24-13-8-16(9-14-24)22-19(21-3)23-17-15-18(25-5-2)20(17)10-7-11-20/h16-18H,4-15H2,1-3H3,(H2,21,22,23). The third-order valence-corrected chi connectivity index (χ3v) is 6.73. The summed E-state index contributed by atoms with van der Waals surface area (Å²) in [4.78, 5) is 7.12. The summed E-state index contributed by atoms with van der Waals surface area (Å²) in [5.41, 5.74) is 0.386. The lowest BCUT2D eigenvalue weighted by Crippen LogP contribution is -2.69. The first-order valence-electron chi connectivity index (χ1n) is 10.6. The van der Waals surface area contributed by atoms with Gasteiger partial charge in [-0.3, -0.25) is 4.99 Å². The molecule has 0 radical (unpaired) electrons. The second-order valence-electron chi connectivity index (χ2n) is 8.15. The van der Waals surface area contributed by atoms with E-state index in [1.807, 2.05) is 7.05 Å². The molecule has 2 aliphatic carbocycles. The molecule has 5 heteroatoms. The van der Waals surface area contributed by atoms with E-state index in [0.29, 0.717) is 23.6 Å². The van der Waals surface area contributed by atoms with E-state index in [4.69, 9.17) is 4.74 Å². The molecule has 2 N–H and O–H groups in total. The van der Waals surface area contributed by atoms with Gasteiger partial charge >= 0.3 is 0 Å². The Labute approximate surface area is 154 Å². The number of unbranched alkanes of at least 4 members (excludes halogenated alkanes) is 1. The van der Waals surface area contributed by atoms with Crippen LogP contribution >= 0.6 is 0 Å².